The highest BCUT2D eigenvalue weighted by Crippen LogP contribution is 2.43. The molecule has 1 saturated carbocycles. The van der Waals surface area contributed by atoms with Crippen molar-refractivity contribution in [2.75, 3.05) is 42.9 Å². The molecule has 0 unspecified atom stereocenters. The van der Waals surface area contributed by atoms with Crippen molar-refractivity contribution in [3.8, 4) is 5.75 Å². The predicted octanol–water partition coefficient (Wildman–Crippen LogP) is 2.76. The maximum absolute atomic E-state index is 13.3. The first kappa shape index (κ1) is 29.4. The second-order valence-corrected chi connectivity index (χ2v) is 10.8. The van der Waals surface area contributed by atoms with Crippen LogP contribution in [-0.2, 0) is 25.5 Å². The molecule has 0 saturated heterocycles. The molecule has 2 aliphatic carbocycles. The van der Waals surface area contributed by atoms with Gasteiger partial charge in [-0.2, -0.15) is 4.98 Å². The van der Waals surface area contributed by atoms with Gasteiger partial charge in [-0.1, -0.05) is 23.8 Å². The van der Waals surface area contributed by atoms with Gasteiger partial charge < -0.3 is 40.8 Å². The van der Waals surface area contributed by atoms with Crippen LogP contribution in [0.4, 0.5) is 27.9 Å². The van der Waals surface area contributed by atoms with E-state index in [1.165, 1.54) is 13.3 Å². The van der Waals surface area contributed by atoms with E-state index in [1.807, 2.05) is 19.1 Å². The summed E-state index contributed by atoms with van der Waals surface area (Å²) in [5.74, 6) is 0.823. The number of methoxy groups -OCH3 is 2. The largest absolute Gasteiger partial charge is 0.494 e. The summed E-state index contributed by atoms with van der Waals surface area (Å²) < 4.78 is 16.1. The molecule has 5 N–H and O–H groups in total. The minimum absolute atomic E-state index is 0.0736. The minimum Gasteiger partial charge on any atom is -0.494 e. The third-order valence-corrected chi connectivity index (χ3v) is 8.11. The van der Waals surface area contributed by atoms with E-state index < -0.39 is 18.2 Å². The van der Waals surface area contributed by atoms with Crippen molar-refractivity contribution in [1.29, 1.82) is 0 Å². The van der Waals surface area contributed by atoms with Crippen LogP contribution in [0.2, 0.25) is 5.02 Å². The van der Waals surface area contributed by atoms with Crippen molar-refractivity contribution in [1.82, 2.24) is 15.3 Å². The molecular weight excluding hydrogens is 566 g/mol. The summed E-state index contributed by atoms with van der Waals surface area (Å²) in [4.78, 5) is 47.6. The molecule has 5 rings (SSSR count). The van der Waals surface area contributed by atoms with Gasteiger partial charge in [0.2, 0.25) is 17.8 Å². The Morgan fingerprint density at radius 2 is 2.00 bits per heavy atom. The number of anilines is 4. The first-order valence-corrected chi connectivity index (χ1v) is 14.1. The summed E-state index contributed by atoms with van der Waals surface area (Å²) in [5.41, 5.74) is 7.43. The molecular formula is C28H34ClN7O6. The van der Waals surface area contributed by atoms with E-state index in [1.54, 1.807) is 18.1 Å². The van der Waals surface area contributed by atoms with Crippen LogP contribution in [0.5, 0.6) is 5.75 Å². The summed E-state index contributed by atoms with van der Waals surface area (Å²) in [6.45, 7) is 2.16. The number of nitrogens with two attached hydrogens (primary N) is 1. The topological polar surface area (TPSA) is 170 Å². The quantitative estimate of drug-likeness (QED) is 0.298. The Balaban J connectivity index is 1.39. The van der Waals surface area contributed by atoms with Crippen LogP contribution < -0.4 is 31.3 Å². The molecule has 5 atom stereocenters. The molecule has 42 heavy (non-hydrogen) atoms. The van der Waals surface area contributed by atoms with Crippen LogP contribution in [-0.4, -0.2) is 73.4 Å². The van der Waals surface area contributed by atoms with Crippen molar-refractivity contribution < 1.29 is 28.6 Å². The summed E-state index contributed by atoms with van der Waals surface area (Å²) in [6, 6.07) is 2.69. The number of aromatic nitrogens is 2. The molecule has 2 bridgehead atoms. The fourth-order valence-electron chi connectivity index (χ4n) is 6.06. The number of likely N-dealkylation sites (N-methyl/N-ethyl adjacent to an activating group) is 1. The van der Waals surface area contributed by atoms with Gasteiger partial charge in [0, 0.05) is 31.1 Å². The van der Waals surface area contributed by atoms with Crippen LogP contribution in [0.25, 0.3) is 0 Å². The maximum atomic E-state index is 13.3. The number of carbonyl (C=O) groups is 3. The zero-order valence-electron chi connectivity index (χ0n) is 23.6. The number of benzene rings is 1. The Hall–Kier alpha value is -4.10. The smallest absolute Gasteiger partial charge is 0.404 e. The summed E-state index contributed by atoms with van der Waals surface area (Å²) in [6.07, 6.45) is 6.05. The Labute approximate surface area is 248 Å². The third kappa shape index (κ3) is 5.79. The van der Waals surface area contributed by atoms with Gasteiger partial charge in [0.1, 0.15) is 29.5 Å². The van der Waals surface area contributed by atoms with Crippen molar-refractivity contribution in [2.45, 2.75) is 44.4 Å². The number of nitrogens with zero attached hydrogens (tertiary/aromatic N) is 3. The molecule has 13 nitrogen and oxygen atoms in total. The lowest BCUT2D eigenvalue weighted by Crippen LogP contribution is -2.48. The zero-order valence-corrected chi connectivity index (χ0v) is 24.3. The Kier molecular flexibility index (Phi) is 8.69. The lowest BCUT2D eigenvalue weighted by molar-refractivity contribution is -0.129. The molecule has 0 spiro atoms. The van der Waals surface area contributed by atoms with E-state index in [0.29, 0.717) is 47.4 Å². The number of primary amides is 1. The predicted molar refractivity (Wildman–Crippen MR) is 156 cm³/mol. The van der Waals surface area contributed by atoms with Crippen LogP contribution >= 0.6 is 11.6 Å². The lowest BCUT2D eigenvalue weighted by Gasteiger charge is -2.28. The Bertz CT molecular complexity index is 1410. The molecule has 3 aliphatic rings. The fourth-order valence-corrected chi connectivity index (χ4v) is 6.20. The van der Waals surface area contributed by atoms with Crippen LogP contribution in [0.3, 0.4) is 0 Å². The highest BCUT2D eigenvalue weighted by atomic mass is 35.5. The van der Waals surface area contributed by atoms with Crippen molar-refractivity contribution in [2.24, 2.45) is 17.6 Å². The minimum atomic E-state index is -0.828. The van der Waals surface area contributed by atoms with E-state index in [0.717, 1.165) is 12.0 Å². The van der Waals surface area contributed by atoms with Crippen molar-refractivity contribution in [3.05, 3.63) is 41.1 Å². The van der Waals surface area contributed by atoms with Crippen LogP contribution in [0, 0.1) is 11.8 Å². The summed E-state index contributed by atoms with van der Waals surface area (Å²) in [5, 5.41) is 9.62. The number of carbonyl (C=O) groups excluding carboxylic acids is 3. The third-order valence-electron chi connectivity index (χ3n) is 7.84. The number of rotatable bonds is 10. The first-order valence-electron chi connectivity index (χ1n) is 13.7. The molecule has 1 aromatic heterocycles. The van der Waals surface area contributed by atoms with Gasteiger partial charge in [-0.3, -0.25) is 9.59 Å². The number of amides is 3. The number of nitrogens with one attached hydrogen (secondary N) is 3. The summed E-state index contributed by atoms with van der Waals surface area (Å²) >= 11 is 6.45. The molecule has 1 aliphatic heterocycles. The standard InChI is InChI=1S/C28H34ClN7O6/c1-4-36-20-10-9-18(24(41-3)16(20)7-8-19(26(36)38)32-21(37)13-40-2)33-28-31-12-17(29)25(35-28)34-22-14-5-6-15(11-14)23(22)42-27(30)39/h5-6,9-10,12,14-15,19,22-23H,4,7-8,11,13H2,1-3H3,(H2,30,39)(H,32,37)(H2,31,33,34,35)/t14-,15+,19-,22+,23-/m0/s1. The van der Waals surface area contributed by atoms with E-state index in [4.69, 9.17) is 31.5 Å². The highest BCUT2D eigenvalue weighted by Gasteiger charge is 2.47. The van der Waals surface area contributed by atoms with E-state index >= 15 is 0 Å². The van der Waals surface area contributed by atoms with Gasteiger partial charge in [-0.05, 0) is 38.3 Å². The first-order chi connectivity index (χ1) is 20.2. The molecule has 3 amide bonds. The average molecular weight is 600 g/mol. The number of hydrogen-bond acceptors (Lipinski definition) is 10. The average Bonchev–Trinajstić information content (AvgIpc) is 3.52. The Morgan fingerprint density at radius 3 is 2.71 bits per heavy atom. The summed E-state index contributed by atoms with van der Waals surface area (Å²) in [7, 11) is 2.98. The normalized spacial score (nSPS) is 24.1. The SMILES string of the molecule is CCN1C(=O)[C@@H](NC(=O)COC)CCc2c1ccc(Nc1ncc(Cl)c(N[C@H]3[C@@H](OC(N)=O)[C@@H]4C=C[C@H]3C4)n1)c2OC. The second kappa shape index (κ2) is 12.4. The fraction of sp³-hybridized carbons (Fsp3) is 0.464. The van der Waals surface area contributed by atoms with E-state index in [-0.39, 0.29) is 42.2 Å². The van der Waals surface area contributed by atoms with Crippen molar-refractivity contribution >= 4 is 52.6 Å². The molecule has 1 fully saturated rings. The van der Waals surface area contributed by atoms with Gasteiger partial charge in [-0.25, -0.2) is 9.78 Å². The Morgan fingerprint density at radius 1 is 1.21 bits per heavy atom. The molecule has 2 aromatic rings. The van der Waals surface area contributed by atoms with Crippen LogP contribution in [0.15, 0.2) is 30.5 Å². The number of hydrogen-bond donors (Lipinski definition) is 4. The number of ether oxygens (including phenoxy) is 3. The number of fused-ring (bicyclic) bond motifs is 3. The lowest BCUT2D eigenvalue weighted by atomic mass is 9.98. The second-order valence-electron chi connectivity index (χ2n) is 10.4. The van der Waals surface area contributed by atoms with Gasteiger partial charge >= 0.3 is 6.09 Å². The van der Waals surface area contributed by atoms with Crippen molar-refractivity contribution in [3.63, 3.8) is 0 Å². The zero-order chi connectivity index (χ0) is 30.0. The molecule has 2 heterocycles. The number of halogens is 1. The van der Waals surface area contributed by atoms with Gasteiger partial charge in [0.15, 0.2) is 5.82 Å². The van der Waals surface area contributed by atoms with Gasteiger partial charge in [0.05, 0.1) is 30.7 Å². The highest BCUT2D eigenvalue weighted by molar-refractivity contribution is 6.32. The van der Waals surface area contributed by atoms with Gasteiger partial charge in [0.25, 0.3) is 0 Å². The van der Waals surface area contributed by atoms with E-state index in [2.05, 4.69) is 32.0 Å². The van der Waals surface area contributed by atoms with Gasteiger partial charge in [-0.15, -0.1) is 0 Å². The molecule has 14 heteroatoms. The van der Waals surface area contributed by atoms with Crippen LogP contribution in [0.1, 0.15) is 25.3 Å². The van der Waals surface area contributed by atoms with E-state index in [9.17, 15) is 14.4 Å². The maximum Gasteiger partial charge on any atom is 0.404 e. The monoisotopic (exact) mass is 599 g/mol. The molecule has 0 radical (unpaired) electrons. The molecule has 1 aromatic carbocycles. The molecule has 224 valence electrons.